The highest BCUT2D eigenvalue weighted by Gasteiger charge is 2.15. The molecular formula is C16H36N2. The van der Waals surface area contributed by atoms with E-state index >= 15 is 0 Å². The third-order valence-electron chi connectivity index (χ3n) is 3.17. The average molecular weight is 256 g/mol. The van der Waals surface area contributed by atoms with Crippen molar-refractivity contribution in [1.29, 1.82) is 0 Å². The summed E-state index contributed by atoms with van der Waals surface area (Å²) in [4.78, 5) is 2.67. The average Bonchev–Trinajstić information content (AvgIpc) is 2.21. The Kier molecular flexibility index (Phi) is 9.76. The van der Waals surface area contributed by atoms with Crippen LogP contribution in [0.2, 0.25) is 0 Å². The van der Waals surface area contributed by atoms with Gasteiger partial charge in [0.25, 0.3) is 0 Å². The quantitative estimate of drug-likeness (QED) is 0.599. The van der Waals surface area contributed by atoms with Gasteiger partial charge in [0.1, 0.15) is 0 Å². The van der Waals surface area contributed by atoms with Gasteiger partial charge in [-0.15, -0.1) is 0 Å². The Morgan fingerprint density at radius 1 is 0.833 bits per heavy atom. The van der Waals surface area contributed by atoms with Gasteiger partial charge in [0.2, 0.25) is 0 Å². The molecular weight excluding hydrogens is 220 g/mol. The minimum Gasteiger partial charge on any atom is -0.315 e. The van der Waals surface area contributed by atoms with Crippen LogP contribution < -0.4 is 5.32 Å². The number of hydrogen-bond donors (Lipinski definition) is 1. The van der Waals surface area contributed by atoms with E-state index < -0.39 is 0 Å². The molecule has 2 heteroatoms. The first-order valence-corrected chi connectivity index (χ1v) is 7.80. The van der Waals surface area contributed by atoms with E-state index in [1.54, 1.807) is 0 Å². The van der Waals surface area contributed by atoms with E-state index in [0.29, 0.717) is 12.1 Å². The Labute approximate surface area is 116 Å². The molecule has 0 aliphatic heterocycles. The van der Waals surface area contributed by atoms with Gasteiger partial charge in [0, 0.05) is 25.2 Å². The van der Waals surface area contributed by atoms with Crippen LogP contribution >= 0.6 is 0 Å². The summed E-state index contributed by atoms with van der Waals surface area (Å²) in [7, 11) is 0. The first-order chi connectivity index (χ1) is 8.32. The number of rotatable bonds is 10. The number of hydrogen-bond acceptors (Lipinski definition) is 2. The van der Waals surface area contributed by atoms with Crippen LogP contribution in [0.15, 0.2) is 0 Å². The molecule has 1 unspecified atom stereocenters. The van der Waals surface area contributed by atoms with E-state index in [1.807, 2.05) is 0 Å². The standard InChI is InChI=1S/C16H36N2/c1-13(2)11-18(12-14(3)4)16(7)9-8-10-17-15(5)6/h13-17H,8-12H2,1-7H3. The molecule has 0 amide bonds. The molecule has 0 fully saturated rings. The molecule has 0 aromatic carbocycles. The monoisotopic (exact) mass is 256 g/mol. The van der Waals surface area contributed by atoms with E-state index in [9.17, 15) is 0 Å². The van der Waals surface area contributed by atoms with Crippen LogP contribution in [-0.4, -0.2) is 36.6 Å². The minimum absolute atomic E-state index is 0.614. The van der Waals surface area contributed by atoms with Crippen molar-refractivity contribution in [2.75, 3.05) is 19.6 Å². The second-order valence-electron chi connectivity index (χ2n) is 6.84. The maximum atomic E-state index is 3.50. The smallest absolute Gasteiger partial charge is 0.00676 e. The highest BCUT2D eigenvalue weighted by Crippen LogP contribution is 2.12. The summed E-state index contributed by atoms with van der Waals surface area (Å²) in [5.74, 6) is 1.53. The van der Waals surface area contributed by atoms with E-state index in [0.717, 1.165) is 18.4 Å². The Balaban J connectivity index is 3.99. The normalized spacial score (nSPS) is 14.2. The minimum atomic E-state index is 0.614. The van der Waals surface area contributed by atoms with Gasteiger partial charge in [0.15, 0.2) is 0 Å². The molecule has 1 atom stereocenters. The fourth-order valence-corrected chi connectivity index (χ4v) is 2.34. The van der Waals surface area contributed by atoms with Crippen molar-refractivity contribution < 1.29 is 0 Å². The van der Waals surface area contributed by atoms with Gasteiger partial charge in [-0.25, -0.2) is 0 Å². The van der Waals surface area contributed by atoms with Gasteiger partial charge in [0.05, 0.1) is 0 Å². The zero-order chi connectivity index (χ0) is 14.1. The van der Waals surface area contributed by atoms with Gasteiger partial charge in [-0.2, -0.15) is 0 Å². The second-order valence-corrected chi connectivity index (χ2v) is 6.84. The molecule has 2 nitrogen and oxygen atoms in total. The third-order valence-corrected chi connectivity index (χ3v) is 3.17. The van der Waals surface area contributed by atoms with Gasteiger partial charge in [-0.1, -0.05) is 41.5 Å². The van der Waals surface area contributed by atoms with Crippen molar-refractivity contribution in [2.24, 2.45) is 11.8 Å². The molecule has 1 N–H and O–H groups in total. The Bertz CT molecular complexity index is 178. The Morgan fingerprint density at radius 2 is 1.33 bits per heavy atom. The zero-order valence-electron chi connectivity index (χ0n) is 13.8. The van der Waals surface area contributed by atoms with E-state index in [2.05, 4.69) is 58.7 Å². The fourth-order valence-electron chi connectivity index (χ4n) is 2.34. The van der Waals surface area contributed by atoms with Crippen molar-refractivity contribution in [1.82, 2.24) is 10.2 Å². The highest BCUT2D eigenvalue weighted by molar-refractivity contribution is 4.71. The van der Waals surface area contributed by atoms with E-state index in [4.69, 9.17) is 0 Å². The van der Waals surface area contributed by atoms with Crippen LogP contribution in [0.3, 0.4) is 0 Å². The molecule has 0 heterocycles. The summed E-state index contributed by atoms with van der Waals surface area (Å²) in [6.45, 7) is 19.7. The highest BCUT2D eigenvalue weighted by atomic mass is 15.1. The van der Waals surface area contributed by atoms with Crippen molar-refractivity contribution >= 4 is 0 Å². The summed E-state index contributed by atoms with van der Waals surface area (Å²) in [6.07, 6.45) is 2.59. The van der Waals surface area contributed by atoms with Crippen LogP contribution in [0, 0.1) is 11.8 Å². The zero-order valence-corrected chi connectivity index (χ0v) is 13.8. The van der Waals surface area contributed by atoms with Crippen LogP contribution in [0.1, 0.15) is 61.3 Å². The lowest BCUT2D eigenvalue weighted by Gasteiger charge is -2.32. The summed E-state index contributed by atoms with van der Waals surface area (Å²) in [5.41, 5.74) is 0. The van der Waals surface area contributed by atoms with E-state index in [-0.39, 0.29) is 0 Å². The molecule has 0 saturated heterocycles. The van der Waals surface area contributed by atoms with Gasteiger partial charge in [-0.05, 0) is 38.1 Å². The first kappa shape index (κ1) is 17.9. The van der Waals surface area contributed by atoms with Crippen molar-refractivity contribution in [2.45, 2.75) is 73.4 Å². The van der Waals surface area contributed by atoms with Crippen LogP contribution in [0.25, 0.3) is 0 Å². The first-order valence-electron chi connectivity index (χ1n) is 7.80. The topological polar surface area (TPSA) is 15.3 Å². The molecule has 18 heavy (non-hydrogen) atoms. The molecule has 0 spiro atoms. The SMILES string of the molecule is CC(C)CN(CC(C)C)C(C)CCCNC(C)C. The molecule has 0 bridgehead atoms. The predicted molar refractivity (Wildman–Crippen MR) is 83.1 cm³/mol. The largest absolute Gasteiger partial charge is 0.315 e. The van der Waals surface area contributed by atoms with Gasteiger partial charge in [-0.3, -0.25) is 0 Å². The molecule has 0 aliphatic rings. The lowest BCUT2D eigenvalue weighted by atomic mass is 10.1. The molecule has 0 aromatic heterocycles. The van der Waals surface area contributed by atoms with Crippen LogP contribution in [-0.2, 0) is 0 Å². The molecule has 0 saturated carbocycles. The van der Waals surface area contributed by atoms with Crippen LogP contribution in [0.4, 0.5) is 0 Å². The summed E-state index contributed by atoms with van der Waals surface area (Å²) >= 11 is 0. The predicted octanol–water partition coefficient (Wildman–Crippen LogP) is 3.77. The molecule has 0 aromatic rings. The van der Waals surface area contributed by atoms with Crippen molar-refractivity contribution in [3.05, 3.63) is 0 Å². The number of nitrogens with one attached hydrogen (secondary N) is 1. The van der Waals surface area contributed by atoms with Crippen molar-refractivity contribution in [3.63, 3.8) is 0 Å². The molecule has 0 rings (SSSR count). The third kappa shape index (κ3) is 9.90. The maximum Gasteiger partial charge on any atom is 0.00676 e. The van der Waals surface area contributed by atoms with Crippen LogP contribution in [0.5, 0.6) is 0 Å². The van der Waals surface area contributed by atoms with Gasteiger partial charge < -0.3 is 10.2 Å². The summed E-state index contributed by atoms with van der Waals surface area (Å²) in [5, 5.41) is 3.50. The lowest BCUT2D eigenvalue weighted by Crippen LogP contribution is -2.39. The lowest BCUT2D eigenvalue weighted by molar-refractivity contribution is 0.157. The Hall–Kier alpha value is -0.0800. The Morgan fingerprint density at radius 3 is 1.72 bits per heavy atom. The maximum absolute atomic E-state index is 3.50. The van der Waals surface area contributed by atoms with E-state index in [1.165, 1.54) is 25.9 Å². The van der Waals surface area contributed by atoms with Gasteiger partial charge >= 0.3 is 0 Å². The summed E-state index contributed by atoms with van der Waals surface area (Å²) < 4.78 is 0. The second kappa shape index (κ2) is 9.80. The van der Waals surface area contributed by atoms with Crippen molar-refractivity contribution in [3.8, 4) is 0 Å². The summed E-state index contributed by atoms with van der Waals surface area (Å²) in [6, 6.07) is 1.33. The molecule has 0 aliphatic carbocycles. The molecule has 0 radical (unpaired) electrons. The molecule has 110 valence electrons. The fraction of sp³-hybridized carbons (Fsp3) is 1.00. The number of nitrogens with zero attached hydrogens (tertiary/aromatic N) is 1.